The SMILES string of the molecule is Cl.Cl.O=C(NCC(c1ccccc1)N1CCc2sccc2C1)C1COCCN1. The van der Waals surface area contributed by atoms with Crippen molar-refractivity contribution in [3.63, 3.8) is 0 Å². The van der Waals surface area contributed by atoms with E-state index in [1.54, 1.807) is 0 Å². The van der Waals surface area contributed by atoms with Gasteiger partial charge >= 0.3 is 0 Å². The standard InChI is InChI=1S/C20H25N3O2S.2ClH/c24-20(17-14-25-10-8-21-17)22-12-18(15-4-2-1-3-5-15)23-9-6-19-16(13-23)7-11-26-19;;/h1-5,7,11,17-18,21H,6,8-10,12-14H2,(H,22,24);2*1H. The van der Waals surface area contributed by atoms with Gasteiger partial charge in [-0.25, -0.2) is 0 Å². The Balaban J connectivity index is 0.00000140. The van der Waals surface area contributed by atoms with Crippen molar-refractivity contribution < 1.29 is 9.53 Å². The third kappa shape index (κ3) is 5.47. The Labute approximate surface area is 182 Å². The normalized spacial score (nSPS) is 20.2. The highest BCUT2D eigenvalue weighted by atomic mass is 35.5. The molecule has 1 aromatic carbocycles. The lowest BCUT2D eigenvalue weighted by Crippen LogP contribution is -2.52. The highest BCUT2D eigenvalue weighted by Gasteiger charge is 2.27. The molecule has 28 heavy (non-hydrogen) atoms. The van der Waals surface area contributed by atoms with E-state index in [0.717, 1.165) is 26.1 Å². The highest BCUT2D eigenvalue weighted by molar-refractivity contribution is 7.10. The van der Waals surface area contributed by atoms with Gasteiger partial charge in [-0.15, -0.1) is 36.2 Å². The van der Waals surface area contributed by atoms with E-state index in [1.165, 1.54) is 16.0 Å². The number of thiophene rings is 1. The molecule has 5 nitrogen and oxygen atoms in total. The number of hydrogen-bond acceptors (Lipinski definition) is 5. The van der Waals surface area contributed by atoms with Crippen LogP contribution in [0.5, 0.6) is 0 Å². The Hall–Kier alpha value is -1.15. The first-order valence-electron chi connectivity index (χ1n) is 9.24. The molecule has 0 bridgehead atoms. The van der Waals surface area contributed by atoms with Gasteiger partial charge in [0, 0.05) is 31.1 Å². The molecule has 0 saturated carbocycles. The van der Waals surface area contributed by atoms with Gasteiger partial charge in [-0.2, -0.15) is 0 Å². The van der Waals surface area contributed by atoms with Gasteiger partial charge in [-0.3, -0.25) is 9.69 Å². The van der Waals surface area contributed by atoms with E-state index in [9.17, 15) is 4.79 Å². The Bertz CT molecular complexity index is 738. The van der Waals surface area contributed by atoms with Crippen molar-refractivity contribution in [3.05, 3.63) is 57.8 Å². The van der Waals surface area contributed by atoms with Crippen LogP contribution in [-0.4, -0.2) is 49.7 Å². The van der Waals surface area contributed by atoms with Gasteiger partial charge in [0.15, 0.2) is 0 Å². The molecule has 0 radical (unpaired) electrons. The number of hydrogen-bond donors (Lipinski definition) is 2. The summed E-state index contributed by atoms with van der Waals surface area (Å²) in [5.74, 6) is 0.0267. The number of nitrogens with one attached hydrogen (secondary N) is 2. The van der Waals surface area contributed by atoms with E-state index in [4.69, 9.17) is 4.74 Å². The second-order valence-corrected chi connectivity index (χ2v) is 7.84. The zero-order chi connectivity index (χ0) is 17.8. The molecule has 1 saturated heterocycles. The summed E-state index contributed by atoms with van der Waals surface area (Å²) in [5.41, 5.74) is 2.68. The van der Waals surface area contributed by atoms with Crippen LogP contribution in [0.15, 0.2) is 41.8 Å². The third-order valence-corrected chi connectivity index (χ3v) is 6.19. The number of halogens is 2. The minimum Gasteiger partial charge on any atom is -0.378 e. The highest BCUT2D eigenvalue weighted by Crippen LogP contribution is 2.30. The Morgan fingerprint density at radius 2 is 2.11 bits per heavy atom. The zero-order valence-corrected chi connectivity index (χ0v) is 18.1. The van der Waals surface area contributed by atoms with Crippen molar-refractivity contribution in [2.75, 3.05) is 32.8 Å². The van der Waals surface area contributed by atoms with E-state index in [2.05, 4.69) is 51.2 Å². The smallest absolute Gasteiger partial charge is 0.239 e. The van der Waals surface area contributed by atoms with E-state index >= 15 is 0 Å². The van der Waals surface area contributed by atoms with E-state index < -0.39 is 0 Å². The fourth-order valence-corrected chi connectivity index (χ4v) is 4.61. The first-order chi connectivity index (χ1) is 12.8. The Kier molecular flexibility index (Phi) is 9.21. The maximum absolute atomic E-state index is 12.5. The number of carbonyl (C=O) groups is 1. The molecule has 0 aliphatic carbocycles. The molecule has 2 aromatic rings. The summed E-state index contributed by atoms with van der Waals surface area (Å²) in [7, 11) is 0. The molecule has 3 heterocycles. The lowest BCUT2D eigenvalue weighted by molar-refractivity contribution is -0.126. The fourth-order valence-electron chi connectivity index (χ4n) is 3.72. The van der Waals surface area contributed by atoms with Gasteiger partial charge in [0.05, 0.1) is 19.3 Å². The monoisotopic (exact) mass is 443 g/mol. The van der Waals surface area contributed by atoms with Crippen LogP contribution in [0.1, 0.15) is 22.0 Å². The number of nitrogens with zero attached hydrogens (tertiary/aromatic N) is 1. The summed E-state index contributed by atoms with van der Waals surface area (Å²) in [6.45, 7) is 4.43. The van der Waals surface area contributed by atoms with Gasteiger partial charge < -0.3 is 15.4 Å². The third-order valence-electron chi connectivity index (χ3n) is 5.17. The summed E-state index contributed by atoms with van der Waals surface area (Å²) >= 11 is 1.85. The molecule has 2 unspecified atom stereocenters. The van der Waals surface area contributed by atoms with Crippen molar-refractivity contribution in [2.24, 2.45) is 0 Å². The predicted octanol–water partition coefficient (Wildman–Crippen LogP) is 2.80. The molecule has 1 fully saturated rings. The lowest BCUT2D eigenvalue weighted by atomic mass is 10.0. The number of rotatable bonds is 5. The molecule has 4 rings (SSSR count). The average molecular weight is 444 g/mol. The molecular weight excluding hydrogens is 417 g/mol. The molecule has 1 aromatic heterocycles. The summed E-state index contributed by atoms with van der Waals surface area (Å²) in [6.07, 6.45) is 1.09. The summed E-state index contributed by atoms with van der Waals surface area (Å²) in [4.78, 5) is 16.5. The second-order valence-electron chi connectivity index (χ2n) is 6.84. The molecule has 2 aliphatic heterocycles. The molecule has 2 aliphatic rings. The van der Waals surface area contributed by atoms with Gasteiger partial charge in [0.2, 0.25) is 5.91 Å². The first kappa shape index (κ1) is 23.1. The van der Waals surface area contributed by atoms with Crippen molar-refractivity contribution in [2.45, 2.75) is 25.0 Å². The van der Waals surface area contributed by atoms with Crippen LogP contribution in [0.25, 0.3) is 0 Å². The number of ether oxygens (including phenoxy) is 1. The number of carbonyl (C=O) groups excluding carboxylic acids is 1. The number of amides is 1. The lowest BCUT2D eigenvalue weighted by Gasteiger charge is -2.35. The molecule has 8 heteroatoms. The van der Waals surface area contributed by atoms with Crippen molar-refractivity contribution >= 4 is 42.1 Å². The fraction of sp³-hybridized carbons (Fsp3) is 0.450. The van der Waals surface area contributed by atoms with Crippen LogP contribution < -0.4 is 10.6 Å². The molecule has 1 amide bonds. The predicted molar refractivity (Wildman–Crippen MR) is 118 cm³/mol. The van der Waals surface area contributed by atoms with Gasteiger partial charge in [-0.1, -0.05) is 30.3 Å². The van der Waals surface area contributed by atoms with Crippen molar-refractivity contribution in [1.29, 1.82) is 0 Å². The van der Waals surface area contributed by atoms with Crippen molar-refractivity contribution in [1.82, 2.24) is 15.5 Å². The maximum atomic E-state index is 12.5. The number of benzene rings is 1. The van der Waals surface area contributed by atoms with Crippen molar-refractivity contribution in [3.8, 4) is 0 Å². The molecule has 2 N–H and O–H groups in total. The molecule has 2 atom stereocenters. The Morgan fingerprint density at radius 3 is 2.86 bits per heavy atom. The minimum atomic E-state index is -0.245. The van der Waals surface area contributed by atoms with Gasteiger partial charge in [0.25, 0.3) is 0 Å². The Morgan fingerprint density at radius 1 is 1.29 bits per heavy atom. The summed E-state index contributed by atoms with van der Waals surface area (Å²) in [5, 5.41) is 8.55. The van der Waals surface area contributed by atoms with Crippen LogP contribution in [-0.2, 0) is 22.5 Å². The molecule has 0 spiro atoms. The van der Waals surface area contributed by atoms with Crippen LogP contribution in [0.2, 0.25) is 0 Å². The quantitative estimate of drug-likeness (QED) is 0.745. The largest absolute Gasteiger partial charge is 0.378 e. The van der Waals surface area contributed by atoms with Crippen LogP contribution in [0.3, 0.4) is 0 Å². The maximum Gasteiger partial charge on any atom is 0.239 e. The summed E-state index contributed by atoms with van der Waals surface area (Å²) < 4.78 is 5.41. The van der Waals surface area contributed by atoms with E-state index in [-0.39, 0.29) is 42.8 Å². The van der Waals surface area contributed by atoms with Crippen LogP contribution >= 0.6 is 36.2 Å². The summed E-state index contributed by atoms with van der Waals surface area (Å²) in [6, 6.07) is 12.7. The molecule has 154 valence electrons. The zero-order valence-electron chi connectivity index (χ0n) is 15.6. The molecular formula is C20H27Cl2N3O2S. The van der Waals surface area contributed by atoms with Gasteiger partial charge in [0.1, 0.15) is 6.04 Å². The average Bonchev–Trinajstić information content (AvgIpc) is 3.17. The van der Waals surface area contributed by atoms with Crippen LogP contribution in [0, 0.1) is 0 Å². The topological polar surface area (TPSA) is 53.6 Å². The first-order valence-corrected chi connectivity index (χ1v) is 10.1. The van der Waals surface area contributed by atoms with E-state index in [1.807, 2.05) is 17.4 Å². The van der Waals surface area contributed by atoms with E-state index in [0.29, 0.717) is 19.8 Å². The van der Waals surface area contributed by atoms with Gasteiger partial charge in [-0.05, 0) is 29.0 Å². The minimum absolute atomic E-state index is 0. The second kappa shape index (κ2) is 11.1. The van der Waals surface area contributed by atoms with Crippen LogP contribution in [0.4, 0.5) is 0 Å². The number of fused-ring (bicyclic) bond motifs is 1. The number of morpholine rings is 1.